The lowest BCUT2D eigenvalue weighted by molar-refractivity contribution is -0.120. The number of fused-ring (bicyclic) bond motifs is 1. The first-order chi connectivity index (χ1) is 10.1. The van der Waals surface area contributed by atoms with Gasteiger partial charge in [-0.15, -0.1) is 0 Å². The van der Waals surface area contributed by atoms with Gasteiger partial charge in [0.1, 0.15) is 17.3 Å². The Hall–Kier alpha value is -2.65. The molecule has 0 unspecified atom stereocenters. The SMILES string of the molecule is COc1ccc2cc(/C=N/NC(=O)CC#N)c(Cl)nc2c1. The molecule has 6 nitrogen and oxygen atoms in total. The van der Waals surface area contributed by atoms with Gasteiger partial charge in [-0.3, -0.25) is 4.79 Å². The van der Waals surface area contributed by atoms with Gasteiger partial charge in [-0.05, 0) is 18.2 Å². The van der Waals surface area contributed by atoms with Crippen LogP contribution in [-0.4, -0.2) is 24.2 Å². The maximum absolute atomic E-state index is 11.1. The summed E-state index contributed by atoms with van der Waals surface area (Å²) in [4.78, 5) is 15.3. The van der Waals surface area contributed by atoms with E-state index in [4.69, 9.17) is 21.6 Å². The van der Waals surface area contributed by atoms with E-state index in [2.05, 4.69) is 15.5 Å². The Labute approximate surface area is 126 Å². The number of carbonyl (C=O) groups is 1. The predicted molar refractivity (Wildman–Crippen MR) is 79.3 cm³/mol. The van der Waals surface area contributed by atoms with Gasteiger partial charge in [0, 0.05) is 17.0 Å². The van der Waals surface area contributed by atoms with Gasteiger partial charge < -0.3 is 4.74 Å². The smallest absolute Gasteiger partial charge is 0.254 e. The minimum atomic E-state index is -0.483. The Morgan fingerprint density at radius 1 is 1.57 bits per heavy atom. The van der Waals surface area contributed by atoms with Crippen molar-refractivity contribution < 1.29 is 9.53 Å². The molecule has 0 aliphatic heterocycles. The summed E-state index contributed by atoms with van der Waals surface area (Å²) in [5.74, 6) is 0.208. The Morgan fingerprint density at radius 2 is 2.38 bits per heavy atom. The fourth-order valence-electron chi connectivity index (χ4n) is 1.64. The Balaban J connectivity index is 2.25. The van der Waals surface area contributed by atoms with E-state index in [9.17, 15) is 4.79 Å². The van der Waals surface area contributed by atoms with Crippen molar-refractivity contribution >= 4 is 34.6 Å². The van der Waals surface area contributed by atoms with Gasteiger partial charge in [0.25, 0.3) is 5.91 Å². The normalized spacial score (nSPS) is 10.5. The Morgan fingerprint density at radius 3 is 3.10 bits per heavy atom. The quantitative estimate of drug-likeness (QED) is 0.533. The van der Waals surface area contributed by atoms with Crippen molar-refractivity contribution in [1.82, 2.24) is 10.4 Å². The summed E-state index contributed by atoms with van der Waals surface area (Å²) < 4.78 is 5.12. The average molecular weight is 303 g/mol. The van der Waals surface area contributed by atoms with Crippen LogP contribution in [-0.2, 0) is 4.79 Å². The number of rotatable bonds is 4. The number of ether oxygens (including phenoxy) is 1. The van der Waals surface area contributed by atoms with E-state index < -0.39 is 5.91 Å². The molecule has 0 spiro atoms. The van der Waals surface area contributed by atoms with E-state index in [0.29, 0.717) is 16.8 Å². The van der Waals surface area contributed by atoms with Gasteiger partial charge in [0.15, 0.2) is 0 Å². The zero-order valence-electron chi connectivity index (χ0n) is 11.1. The van der Waals surface area contributed by atoms with Crippen LogP contribution in [0.5, 0.6) is 5.75 Å². The molecule has 0 saturated carbocycles. The monoisotopic (exact) mass is 302 g/mol. The van der Waals surface area contributed by atoms with Crippen molar-refractivity contribution in [3.63, 3.8) is 0 Å². The zero-order chi connectivity index (χ0) is 15.2. The number of benzene rings is 1. The predicted octanol–water partition coefficient (Wildman–Crippen LogP) is 2.26. The molecule has 0 aliphatic rings. The molecular weight excluding hydrogens is 292 g/mol. The van der Waals surface area contributed by atoms with Crippen LogP contribution in [0.4, 0.5) is 0 Å². The van der Waals surface area contributed by atoms with Crippen LogP contribution in [0.3, 0.4) is 0 Å². The molecule has 21 heavy (non-hydrogen) atoms. The highest BCUT2D eigenvalue weighted by Crippen LogP contribution is 2.23. The third-order valence-electron chi connectivity index (χ3n) is 2.64. The lowest BCUT2D eigenvalue weighted by atomic mass is 10.1. The molecule has 2 aromatic rings. The molecule has 1 aromatic carbocycles. The summed E-state index contributed by atoms with van der Waals surface area (Å²) in [6.45, 7) is 0. The Kier molecular flexibility index (Phi) is 4.69. The number of nitrogens with one attached hydrogen (secondary N) is 1. The minimum Gasteiger partial charge on any atom is -0.497 e. The number of hydrogen-bond acceptors (Lipinski definition) is 5. The zero-order valence-corrected chi connectivity index (χ0v) is 11.9. The minimum absolute atomic E-state index is 0.249. The number of hydrogen-bond donors (Lipinski definition) is 1. The van der Waals surface area contributed by atoms with E-state index in [-0.39, 0.29) is 11.6 Å². The van der Waals surface area contributed by atoms with Crippen LogP contribution in [0.1, 0.15) is 12.0 Å². The van der Waals surface area contributed by atoms with Gasteiger partial charge >= 0.3 is 0 Å². The van der Waals surface area contributed by atoms with Gasteiger partial charge in [0.05, 0.1) is 24.9 Å². The van der Waals surface area contributed by atoms with Gasteiger partial charge in [-0.2, -0.15) is 10.4 Å². The molecule has 7 heteroatoms. The molecule has 1 N–H and O–H groups in total. The number of methoxy groups -OCH3 is 1. The second kappa shape index (κ2) is 6.68. The molecule has 0 atom stereocenters. The van der Waals surface area contributed by atoms with E-state index in [0.717, 1.165) is 5.39 Å². The van der Waals surface area contributed by atoms with Crippen LogP contribution < -0.4 is 10.2 Å². The third-order valence-corrected chi connectivity index (χ3v) is 2.94. The third kappa shape index (κ3) is 3.68. The number of aromatic nitrogens is 1. The van der Waals surface area contributed by atoms with Crippen molar-refractivity contribution in [2.45, 2.75) is 6.42 Å². The van der Waals surface area contributed by atoms with Crippen LogP contribution >= 0.6 is 11.6 Å². The molecule has 0 fully saturated rings. The summed E-state index contributed by atoms with van der Waals surface area (Å²) in [5.41, 5.74) is 3.49. The molecule has 106 valence electrons. The van der Waals surface area contributed by atoms with Gasteiger partial charge in [0.2, 0.25) is 0 Å². The highest BCUT2D eigenvalue weighted by Gasteiger charge is 2.05. The molecule has 0 bridgehead atoms. The van der Waals surface area contributed by atoms with Gasteiger partial charge in [-0.25, -0.2) is 10.4 Å². The number of amides is 1. The number of halogens is 1. The molecule has 0 radical (unpaired) electrons. The number of hydrazone groups is 1. The summed E-state index contributed by atoms with van der Waals surface area (Å²) in [5, 5.41) is 13.2. The molecule has 1 aromatic heterocycles. The van der Waals surface area contributed by atoms with Crippen molar-refractivity contribution in [3.05, 3.63) is 35.0 Å². The number of pyridine rings is 1. The Bertz CT molecular complexity index is 752. The summed E-state index contributed by atoms with van der Waals surface area (Å²) in [6.07, 6.45) is 1.13. The summed E-state index contributed by atoms with van der Waals surface area (Å²) in [7, 11) is 1.58. The second-order valence-corrected chi connectivity index (χ2v) is 4.41. The van der Waals surface area contributed by atoms with Crippen molar-refractivity contribution in [2.75, 3.05) is 7.11 Å². The highest BCUT2D eigenvalue weighted by molar-refractivity contribution is 6.32. The van der Waals surface area contributed by atoms with Crippen molar-refractivity contribution in [2.24, 2.45) is 5.10 Å². The standard InChI is InChI=1S/C14H11ClN4O2/c1-21-11-3-2-9-6-10(14(15)18-12(9)7-11)8-17-19-13(20)4-5-16/h2-3,6-8H,4H2,1H3,(H,19,20)/b17-8+. The maximum Gasteiger partial charge on any atom is 0.254 e. The summed E-state index contributed by atoms with van der Waals surface area (Å²) in [6, 6.07) is 8.96. The number of carbonyl (C=O) groups excluding carboxylic acids is 1. The van der Waals surface area contributed by atoms with E-state index >= 15 is 0 Å². The number of nitrogens with zero attached hydrogens (tertiary/aromatic N) is 3. The van der Waals surface area contributed by atoms with Crippen molar-refractivity contribution in [1.29, 1.82) is 5.26 Å². The number of nitriles is 1. The molecular formula is C14H11ClN4O2. The largest absolute Gasteiger partial charge is 0.497 e. The average Bonchev–Trinajstić information content (AvgIpc) is 2.47. The van der Waals surface area contributed by atoms with Gasteiger partial charge in [-0.1, -0.05) is 11.6 Å². The molecule has 0 saturated heterocycles. The first-order valence-corrected chi connectivity index (χ1v) is 6.35. The molecule has 2 rings (SSSR count). The van der Waals surface area contributed by atoms with E-state index in [1.807, 2.05) is 12.1 Å². The fraction of sp³-hybridized carbons (Fsp3) is 0.143. The van der Waals surface area contributed by atoms with E-state index in [1.165, 1.54) is 6.21 Å². The van der Waals surface area contributed by atoms with Crippen LogP contribution in [0.15, 0.2) is 29.4 Å². The van der Waals surface area contributed by atoms with Crippen LogP contribution in [0, 0.1) is 11.3 Å². The molecule has 0 aliphatic carbocycles. The maximum atomic E-state index is 11.1. The fourth-order valence-corrected chi connectivity index (χ4v) is 1.84. The highest BCUT2D eigenvalue weighted by atomic mass is 35.5. The van der Waals surface area contributed by atoms with Crippen LogP contribution in [0.25, 0.3) is 10.9 Å². The topological polar surface area (TPSA) is 87.4 Å². The molecule has 1 heterocycles. The van der Waals surface area contributed by atoms with E-state index in [1.54, 1.807) is 25.3 Å². The first-order valence-electron chi connectivity index (χ1n) is 5.97. The lowest BCUT2D eigenvalue weighted by Crippen LogP contribution is -2.16. The molecule has 1 amide bonds. The first kappa shape index (κ1) is 14.8. The van der Waals surface area contributed by atoms with Crippen LogP contribution in [0.2, 0.25) is 5.15 Å². The summed E-state index contributed by atoms with van der Waals surface area (Å²) >= 11 is 6.07. The lowest BCUT2D eigenvalue weighted by Gasteiger charge is -2.04. The van der Waals surface area contributed by atoms with Crippen molar-refractivity contribution in [3.8, 4) is 11.8 Å². The second-order valence-electron chi connectivity index (χ2n) is 4.06.